The van der Waals surface area contributed by atoms with Crippen LogP contribution in [0, 0.1) is 0 Å². The zero-order valence-electron chi connectivity index (χ0n) is 17.7. The molecule has 1 aliphatic rings. The van der Waals surface area contributed by atoms with Crippen molar-refractivity contribution in [3.63, 3.8) is 0 Å². The third kappa shape index (κ3) is 3.48. The Morgan fingerprint density at radius 1 is 0.818 bits per heavy atom. The molecule has 0 atom stereocenters. The maximum absolute atomic E-state index is 6.96. The minimum absolute atomic E-state index is 0.341. The molecule has 7 heteroatoms. The standard InChI is InChI=1S/C26H19Cl2N5/c27-24-22(18-11-12-19-20(15-18)30-14-13-29-19)25(28)33-26(31-24)21(16-7-3-1-4-8-16)23(32-33)17-9-5-2-6-10-17/h2,5-7,9-15H,1,3-4,8H2. The van der Waals surface area contributed by atoms with Gasteiger partial charge in [-0.15, -0.1) is 0 Å². The summed E-state index contributed by atoms with van der Waals surface area (Å²) in [5.41, 5.74) is 7.87. The average molecular weight is 472 g/mol. The van der Waals surface area contributed by atoms with Crippen LogP contribution in [-0.4, -0.2) is 24.6 Å². The smallest absolute Gasteiger partial charge is 0.166 e. The van der Waals surface area contributed by atoms with Crippen molar-refractivity contribution in [2.24, 2.45) is 0 Å². The van der Waals surface area contributed by atoms with Crippen molar-refractivity contribution in [2.45, 2.75) is 25.7 Å². The molecule has 6 rings (SSSR count). The van der Waals surface area contributed by atoms with E-state index in [9.17, 15) is 0 Å². The number of aromatic nitrogens is 5. The fraction of sp³-hybridized carbons (Fsp3) is 0.154. The molecule has 0 N–H and O–H groups in total. The van der Waals surface area contributed by atoms with E-state index in [1.165, 1.54) is 12.0 Å². The van der Waals surface area contributed by atoms with Crippen LogP contribution in [0.4, 0.5) is 0 Å². The molecule has 3 aromatic heterocycles. The van der Waals surface area contributed by atoms with Gasteiger partial charge in [0.05, 0.1) is 22.2 Å². The first-order valence-corrected chi connectivity index (χ1v) is 11.7. The molecule has 0 bridgehead atoms. The lowest BCUT2D eigenvalue weighted by Gasteiger charge is -2.14. The van der Waals surface area contributed by atoms with Gasteiger partial charge in [0.1, 0.15) is 16.0 Å². The van der Waals surface area contributed by atoms with Gasteiger partial charge in [-0.25, -0.2) is 9.50 Å². The van der Waals surface area contributed by atoms with E-state index in [0.29, 0.717) is 21.5 Å². The van der Waals surface area contributed by atoms with Crippen molar-refractivity contribution in [2.75, 3.05) is 0 Å². The van der Waals surface area contributed by atoms with Crippen molar-refractivity contribution >= 4 is 45.5 Å². The fourth-order valence-corrected chi connectivity index (χ4v) is 5.15. The average Bonchev–Trinajstić information content (AvgIpc) is 3.24. The molecule has 33 heavy (non-hydrogen) atoms. The lowest BCUT2D eigenvalue weighted by molar-refractivity contribution is 0.742. The zero-order chi connectivity index (χ0) is 22.4. The molecule has 0 saturated carbocycles. The molecule has 5 aromatic rings. The molecule has 162 valence electrons. The van der Waals surface area contributed by atoms with Crippen molar-refractivity contribution in [3.8, 4) is 22.4 Å². The Hall–Kier alpha value is -3.28. The molecule has 0 aliphatic heterocycles. The molecule has 1 aliphatic carbocycles. The van der Waals surface area contributed by atoms with Gasteiger partial charge >= 0.3 is 0 Å². The molecule has 3 heterocycles. The van der Waals surface area contributed by atoms with E-state index in [0.717, 1.165) is 52.7 Å². The normalized spacial score (nSPS) is 14.1. The molecule has 0 fully saturated rings. The predicted molar refractivity (Wildman–Crippen MR) is 133 cm³/mol. The first-order valence-electron chi connectivity index (χ1n) is 10.9. The molecule has 0 saturated heterocycles. The Labute approximate surface area is 200 Å². The third-order valence-corrected chi connectivity index (χ3v) is 6.70. The minimum Gasteiger partial charge on any atom is -0.253 e. The van der Waals surface area contributed by atoms with Crippen LogP contribution in [0.5, 0.6) is 0 Å². The number of rotatable bonds is 3. The minimum atomic E-state index is 0.341. The lowest BCUT2D eigenvalue weighted by Crippen LogP contribution is -1.99. The van der Waals surface area contributed by atoms with Crippen molar-refractivity contribution in [1.82, 2.24) is 24.6 Å². The number of hydrogen-bond acceptors (Lipinski definition) is 4. The summed E-state index contributed by atoms with van der Waals surface area (Å²) in [5.74, 6) is 0. The van der Waals surface area contributed by atoms with E-state index in [1.54, 1.807) is 16.9 Å². The zero-order valence-corrected chi connectivity index (χ0v) is 19.2. The van der Waals surface area contributed by atoms with Gasteiger partial charge in [0, 0.05) is 18.0 Å². The highest BCUT2D eigenvalue weighted by molar-refractivity contribution is 6.38. The number of allylic oxidation sites excluding steroid dienone is 2. The van der Waals surface area contributed by atoms with Crippen LogP contribution in [-0.2, 0) is 0 Å². The van der Waals surface area contributed by atoms with E-state index in [2.05, 4.69) is 28.2 Å². The lowest BCUT2D eigenvalue weighted by atomic mass is 9.92. The van der Waals surface area contributed by atoms with E-state index in [1.807, 2.05) is 36.4 Å². The van der Waals surface area contributed by atoms with Crippen LogP contribution < -0.4 is 0 Å². The van der Waals surface area contributed by atoms with Gasteiger partial charge in [0.2, 0.25) is 0 Å². The summed E-state index contributed by atoms with van der Waals surface area (Å²) in [6.45, 7) is 0. The number of benzene rings is 2. The summed E-state index contributed by atoms with van der Waals surface area (Å²) in [7, 11) is 0. The predicted octanol–water partition coefficient (Wildman–Crippen LogP) is 7.27. The van der Waals surface area contributed by atoms with E-state index >= 15 is 0 Å². The number of nitrogens with zero attached hydrogens (tertiary/aromatic N) is 5. The summed E-state index contributed by atoms with van der Waals surface area (Å²) in [6, 6.07) is 15.9. The monoisotopic (exact) mass is 471 g/mol. The van der Waals surface area contributed by atoms with Gasteiger partial charge < -0.3 is 0 Å². The van der Waals surface area contributed by atoms with Crippen LogP contribution in [0.1, 0.15) is 31.2 Å². The molecular weight excluding hydrogens is 453 g/mol. The molecular formula is C26H19Cl2N5. The SMILES string of the molecule is Clc1nc2c(C3=CCCCC3)c(-c3ccccc3)nn2c(Cl)c1-c1ccc2nccnc2c1. The highest BCUT2D eigenvalue weighted by atomic mass is 35.5. The maximum atomic E-state index is 6.96. The quantitative estimate of drug-likeness (QED) is 0.259. The van der Waals surface area contributed by atoms with Crippen molar-refractivity contribution in [3.05, 3.63) is 82.9 Å². The summed E-state index contributed by atoms with van der Waals surface area (Å²) < 4.78 is 1.72. The van der Waals surface area contributed by atoms with Crippen LogP contribution in [0.2, 0.25) is 10.3 Å². The van der Waals surface area contributed by atoms with Gasteiger partial charge in [0.15, 0.2) is 5.65 Å². The Morgan fingerprint density at radius 2 is 1.64 bits per heavy atom. The first kappa shape index (κ1) is 20.3. The fourth-order valence-electron chi connectivity index (χ4n) is 4.51. The highest BCUT2D eigenvalue weighted by Gasteiger charge is 2.25. The second kappa shape index (κ2) is 8.25. The Morgan fingerprint density at radius 3 is 2.42 bits per heavy atom. The molecule has 5 nitrogen and oxygen atoms in total. The summed E-state index contributed by atoms with van der Waals surface area (Å²) >= 11 is 13.7. The highest BCUT2D eigenvalue weighted by Crippen LogP contribution is 2.41. The molecule has 2 aromatic carbocycles. The van der Waals surface area contributed by atoms with Gasteiger partial charge in [-0.2, -0.15) is 5.10 Å². The Kier molecular flexibility index (Phi) is 5.08. The van der Waals surface area contributed by atoms with Crippen LogP contribution in [0.15, 0.2) is 67.0 Å². The van der Waals surface area contributed by atoms with Gasteiger partial charge in [-0.3, -0.25) is 9.97 Å². The molecule has 0 unspecified atom stereocenters. The summed E-state index contributed by atoms with van der Waals surface area (Å²) in [6.07, 6.45) is 10.0. The largest absolute Gasteiger partial charge is 0.253 e. The second-order valence-electron chi connectivity index (χ2n) is 8.13. The van der Waals surface area contributed by atoms with E-state index in [-0.39, 0.29) is 0 Å². The second-order valence-corrected chi connectivity index (χ2v) is 8.84. The van der Waals surface area contributed by atoms with Crippen molar-refractivity contribution in [1.29, 1.82) is 0 Å². The molecule has 0 radical (unpaired) electrons. The maximum Gasteiger partial charge on any atom is 0.166 e. The van der Waals surface area contributed by atoms with Crippen LogP contribution in [0.3, 0.4) is 0 Å². The molecule has 0 spiro atoms. The number of hydrogen-bond donors (Lipinski definition) is 0. The van der Waals surface area contributed by atoms with E-state index < -0.39 is 0 Å². The Bertz CT molecular complexity index is 1540. The first-order chi connectivity index (χ1) is 16.2. The molecule has 0 amide bonds. The Balaban J connectivity index is 1.62. The summed E-state index contributed by atoms with van der Waals surface area (Å²) in [4.78, 5) is 13.6. The van der Waals surface area contributed by atoms with Gasteiger partial charge in [-0.1, -0.05) is 65.7 Å². The van der Waals surface area contributed by atoms with Gasteiger partial charge in [-0.05, 0) is 49.0 Å². The number of fused-ring (bicyclic) bond motifs is 2. The number of halogens is 2. The topological polar surface area (TPSA) is 56.0 Å². The summed E-state index contributed by atoms with van der Waals surface area (Å²) in [5, 5.41) is 5.71. The van der Waals surface area contributed by atoms with Crippen molar-refractivity contribution < 1.29 is 0 Å². The van der Waals surface area contributed by atoms with E-state index in [4.69, 9.17) is 33.3 Å². The van der Waals surface area contributed by atoms with Crippen LogP contribution >= 0.6 is 23.2 Å². The van der Waals surface area contributed by atoms with Gasteiger partial charge in [0.25, 0.3) is 0 Å². The van der Waals surface area contributed by atoms with Crippen LogP contribution in [0.25, 0.3) is 44.6 Å². The third-order valence-electron chi connectivity index (χ3n) is 6.08.